The van der Waals surface area contributed by atoms with E-state index in [-0.39, 0.29) is 23.1 Å². The molecular formula is C25H23F2N5O5. The zero-order valence-electron chi connectivity index (χ0n) is 19.5. The molecule has 2 aromatic carbocycles. The third-order valence-electron chi connectivity index (χ3n) is 5.14. The Hall–Kier alpha value is -4.74. The summed E-state index contributed by atoms with van der Waals surface area (Å²) in [4.78, 5) is 14.3. The number of unbranched alkanes of at least 4 members (excludes halogenated alkanes) is 1. The van der Waals surface area contributed by atoms with Crippen LogP contribution < -0.4 is 15.2 Å². The largest absolute Gasteiger partial charge is 0.586 e. The fraction of sp³-hybridized carbons (Fsp3) is 0.200. The second kappa shape index (κ2) is 11.3. The minimum absolute atomic E-state index is 0.0542. The van der Waals surface area contributed by atoms with Gasteiger partial charge in [-0.05, 0) is 60.7 Å². The molecule has 3 heterocycles. The summed E-state index contributed by atoms with van der Waals surface area (Å²) >= 11 is 0. The van der Waals surface area contributed by atoms with Crippen molar-refractivity contribution in [2.24, 2.45) is 0 Å². The van der Waals surface area contributed by atoms with E-state index in [1.807, 2.05) is 23.0 Å². The van der Waals surface area contributed by atoms with Crippen LogP contribution in [0.15, 0.2) is 65.5 Å². The van der Waals surface area contributed by atoms with Gasteiger partial charge in [0.1, 0.15) is 6.26 Å². The lowest BCUT2D eigenvalue weighted by molar-refractivity contribution is -0.286. The summed E-state index contributed by atoms with van der Waals surface area (Å²) in [5, 5.41) is 16.4. The maximum absolute atomic E-state index is 12.9. The first kappa shape index (κ1) is 25.4. The van der Waals surface area contributed by atoms with Gasteiger partial charge >= 0.3 is 12.3 Å². The summed E-state index contributed by atoms with van der Waals surface area (Å²) in [6.07, 6.45) is 7.22. The zero-order chi connectivity index (χ0) is 26.3. The minimum atomic E-state index is -3.66. The summed E-state index contributed by atoms with van der Waals surface area (Å²) in [5.41, 5.74) is 8.10. The van der Waals surface area contributed by atoms with Gasteiger partial charge in [-0.15, -0.1) is 13.9 Å². The molecule has 0 radical (unpaired) electrons. The second-order valence-electron chi connectivity index (χ2n) is 7.95. The number of carboxylic acids is 1. The number of nitrogens with two attached hydrogens (primary N) is 1. The SMILES string of the molecule is Nc1ccc(CCCCn2ccnn2)cc1.O=C(O)c1coc(/C=C/c2ccc3c(c2)OC(F)(F)O3)n1. The number of aromatic nitrogens is 4. The molecule has 1 aliphatic heterocycles. The van der Waals surface area contributed by atoms with Crippen molar-refractivity contribution in [2.75, 3.05) is 5.73 Å². The number of ether oxygens (including phenoxy) is 2. The molecule has 37 heavy (non-hydrogen) atoms. The molecule has 0 atom stereocenters. The molecule has 0 saturated carbocycles. The molecule has 3 N–H and O–H groups in total. The molecule has 0 saturated heterocycles. The standard InChI is InChI=1S/C13H7F2NO5.C12H16N4/c14-13(15)20-9-3-1-7(5-10(9)21-13)2-4-11-16-8(6-19-11)12(17)18;13-12-6-4-11(5-7-12)3-1-2-9-16-10-8-14-15-16/h1-6H,(H,17,18);4-8,10H,1-3,9,13H2/b4-2+;. The van der Waals surface area contributed by atoms with Gasteiger partial charge in [-0.1, -0.05) is 23.4 Å². The van der Waals surface area contributed by atoms with Gasteiger partial charge in [0.25, 0.3) is 0 Å². The molecule has 192 valence electrons. The molecule has 10 nitrogen and oxygen atoms in total. The van der Waals surface area contributed by atoms with Gasteiger partial charge in [0.2, 0.25) is 5.89 Å². The van der Waals surface area contributed by atoms with Crippen LogP contribution in [0.3, 0.4) is 0 Å². The lowest BCUT2D eigenvalue weighted by Gasteiger charge is -2.04. The average Bonchev–Trinajstić information content (AvgIpc) is 3.61. The number of anilines is 1. The van der Waals surface area contributed by atoms with Gasteiger partial charge < -0.3 is 24.7 Å². The molecule has 0 spiro atoms. The number of aryl methyl sites for hydroxylation is 2. The Kier molecular flexibility index (Phi) is 7.77. The highest BCUT2D eigenvalue weighted by Crippen LogP contribution is 2.41. The van der Waals surface area contributed by atoms with Crippen LogP contribution in [0.2, 0.25) is 0 Å². The number of aromatic carboxylic acids is 1. The van der Waals surface area contributed by atoms with Crippen LogP contribution in [0.25, 0.3) is 12.2 Å². The van der Waals surface area contributed by atoms with E-state index in [1.54, 1.807) is 6.20 Å². The van der Waals surface area contributed by atoms with Gasteiger partial charge in [-0.3, -0.25) is 4.68 Å². The summed E-state index contributed by atoms with van der Waals surface area (Å²) in [7, 11) is 0. The number of halogens is 2. The maximum atomic E-state index is 12.9. The molecule has 0 bridgehead atoms. The van der Waals surface area contributed by atoms with Crippen LogP contribution in [0.1, 0.15) is 40.3 Å². The van der Waals surface area contributed by atoms with Crippen molar-refractivity contribution >= 4 is 23.8 Å². The molecule has 2 aromatic heterocycles. The summed E-state index contributed by atoms with van der Waals surface area (Å²) in [5.74, 6) is -1.26. The summed E-state index contributed by atoms with van der Waals surface area (Å²) < 4.78 is 41.1. The Morgan fingerprint density at radius 3 is 2.57 bits per heavy atom. The number of hydrogen-bond donors (Lipinski definition) is 2. The van der Waals surface area contributed by atoms with E-state index in [0.717, 1.165) is 37.8 Å². The molecule has 4 aromatic rings. The van der Waals surface area contributed by atoms with Crippen molar-refractivity contribution in [3.8, 4) is 11.5 Å². The average molecular weight is 511 g/mol. The van der Waals surface area contributed by atoms with Crippen molar-refractivity contribution in [3.05, 3.63) is 83.8 Å². The van der Waals surface area contributed by atoms with Gasteiger partial charge in [0.15, 0.2) is 17.2 Å². The first-order valence-corrected chi connectivity index (χ1v) is 11.2. The predicted octanol–water partition coefficient (Wildman–Crippen LogP) is 4.75. The Morgan fingerprint density at radius 2 is 1.86 bits per heavy atom. The third kappa shape index (κ3) is 7.37. The number of nitrogen functional groups attached to an aromatic ring is 1. The number of fused-ring (bicyclic) bond motifs is 1. The maximum Gasteiger partial charge on any atom is 0.586 e. The minimum Gasteiger partial charge on any atom is -0.476 e. The van der Waals surface area contributed by atoms with Crippen molar-refractivity contribution in [3.63, 3.8) is 0 Å². The third-order valence-corrected chi connectivity index (χ3v) is 5.14. The molecule has 0 fully saturated rings. The van der Waals surface area contributed by atoms with E-state index >= 15 is 0 Å². The monoisotopic (exact) mass is 511 g/mol. The molecule has 12 heteroatoms. The normalized spacial score (nSPS) is 13.4. The smallest absolute Gasteiger partial charge is 0.476 e. The van der Waals surface area contributed by atoms with Crippen molar-refractivity contribution in [1.29, 1.82) is 0 Å². The number of nitrogens with zero attached hydrogens (tertiary/aromatic N) is 4. The first-order valence-electron chi connectivity index (χ1n) is 11.2. The first-order chi connectivity index (χ1) is 17.8. The quantitative estimate of drug-likeness (QED) is 0.253. The van der Waals surface area contributed by atoms with Crippen LogP contribution >= 0.6 is 0 Å². The summed E-state index contributed by atoms with van der Waals surface area (Å²) in [6, 6.07) is 12.3. The van der Waals surface area contributed by atoms with E-state index in [1.165, 1.54) is 35.9 Å². The van der Waals surface area contributed by atoms with Crippen LogP contribution in [0.5, 0.6) is 11.5 Å². The number of alkyl halides is 2. The molecule has 0 unspecified atom stereocenters. The fourth-order valence-corrected chi connectivity index (χ4v) is 3.34. The van der Waals surface area contributed by atoms with Crippen LogP contribution in [0, 0.1) is 0 Å². The highest BCUT2D eigenvalue weighted by atomic mass is 19.3. The lowest BCUT2D eigenvalue weighted by Crippen LogP contribution is -2.25. The molecule has 0 amide bonds. The molecule has 5 rings (SSSR count). The zero-order valence-corrected chi connectivity index (χ0v) is 19.5. The van der Waals surface area contributed by atoms with Crippen molar-refractivity contribution in [2.45, 2.75) is 32.1 Å². The Balaban J connectivity index is 0.000000180. The van der Waals surface area contributed by atoms with Gasteiger partial charge in [-0.2, -0.15) is 0 Å². The number of carbonyl (C=O) groups is 1. The van der Waals surface area contributed by atoms with E-state index in [0.29, 0.717) is 5.56 Å². The van der Waals surface area contributed by atoms with Gasteiger partial charge in [0.05, 0.1) is 6.20 Å². The number of benzene rings is 2. The lowest BCUT2D eigenvalue weighted by atomic mass is 10.1. The molecule has 0 aliphatic carbocycles. The van der Waals surface area contributed by atoms with Crippen molar-refractivity contribution in [1.82, 2.24) is 20.0 Å². The fourth-order valence-electron chi connectivity index (χ4n) is 3.34. The number of rotatable bonds is 8. The molecular weight excluding hydrogens is 488 g/mol. The highest BCUT2D eigenvalue weighted by molar-refractivity contribution is 5.85. The van der Waals surface area contributed by atoms with E-state index in [2.05, 4.69) is 36.9 Å². The van der Waals surface area contributed by atoms with Crippen molar-refractivity contribution < 1.29 is 32.6 Å². The van der Waals surface area contributed by atoms with Crippen LogP contribution in [0.4, 0.5) is 14.5 Å². The van der Waals surface area contributed by atoms with E-state index < -0.39 is 12.3 Å². The predicted molar refractivity (Wildman–Crippen MR) is 129 cm³/mol. The van der Waals surface area contributed by atoms with Crippen LogP contribution in [-0.2, 0) is 13.0 Å². The van der Waals surface area contributed by atoms with Gasteiger partial charge in [-0.25, -0.2) is 9.78 Å². The highest BCUT2D eigenvalue weighted by Gasteiger charge is 2.43. The molecule has 1 aliphatic rings. The van der Waals surface area contributed by atoms with Crippen LogP contribution in [-0.4, -0.2) is 37.3 Å². The number of oxazole rings is 1. The second-order valence-corrected chi connectivity index (χ2v) is 7.95. The summed E-state index contributed by atoms with van der Waals surface area (Å²) in [6.45, 7) is 0.939. The Bertz CT molecular complexity index is 1350. The number of carboxylic acid groups (broad SMARTS) is 1. The Morgan fingerprint density at radius 1 is 1.08 bits per heavy atom. The topological polar surface area (TPSA) is 139 Å². The Labute approximate surface area is 209 Å². The van der Waals surface area contributed by atoms with E-state index in [4.69, 9.17) is 15.3 Å². The van der Waals surface area contributed by atoms with Gasteiger partial charge in [0, 0.05) is 24.5 Å². The van der Waals surface area contributed by atoms with E-state index in [9.17, 15) is 13.6 Å². The number of hydrogen-bond acceptors (Lipinski definition) is 8.